The van der Waals surface area contributed by atoms with Gasteiger partial charge in [-0.15, -0.1) is 11.8 Å². The van der Waals surface area contributed by atoms with Gasteiger partial charge in [0.15, 0.2) is 11.5 Å². The number of amides is 1. The van der Waals surface area contributed by atoms with Gasteiger partial charge in [-0.2, -0.15) is 11.8 Å². The number of aromatic nitrogens is 2. The van der Waals surface area contributed by atoms with E-state index in [4.69, 9.17) is 4.74 Å². The summed E-state index contributed by atoms with van der Waals surface area (Å²) in [5, 5.41) is 15.7. The van der Waals surface area contributed by atoms with Crippen molar-refractivity contribution in [2.45, 2.75) is 24.1 Å². The van der Waals surface area contributed by atoms with Crippen LogP contribution in [-0.4, -0.2) is 45.2 Å². The van der Waals surface area contributed by atoms with Crippen LogP contribution in [0.5, 0.6) is 11.5 Å². The van der Waals surface area contributed by atoms with Crippen LogP contribution < -0.4 is 15.6 Å². The third-order valence-electron chi connectivity index (χ3n) is 4.93. The molecule has 2 aromatic rings. The highest BCUT2D eigenvalue weighted by Gasteiger charge is 2.32. The molecule has 0 saturated carbocycles. The van der Waals surface area contributed by atoms with Crippen molar-refractivity contribution in [3.8, 4) is 11.5 Å². The number of carbonyl (C=O) groups excluding carboxylic acids is 1. The van der Waals surface area contributed by atoms with Gasteiger partial charge in [0.25, 0.3) is 5.56 Å². The molecule has 0 bridgehead atoms. The minimum atomic E-state index is -0.348. The van der Waals surface area contributed by atoms with Crippen LogP contribution >= 0.6 is 23.5 Å². The number of methoxy groups -OCH3 is 1. The Labute approximate surface area is 164 Å². The summed E-state index contributed by atoms with van der Waals surface area (Å²) in [6.07, 6.45) is 1.91. The van der Waals surface area contributed by atoms with E-state index in [9.17, 15) is 14.7 Å². The highest BCUT2D eigenvalue weighted by Crippen LogP contribution is 2.43. The number of fused-ring (bicyclic) bond motifs is 1. The van der Waals surface area contributed by atoms with Crippen molar-refractivity contribution < 1.29 is 14.6 Å². The first-order chi connectivity index (χ1) is 13.1. The molecule has 0 unspecified atom stereocenters. The number of thioether (sulfide) groups is 2. The standard InChI is InChI=1S/C18H21N3O4S2/c1-25-13-3-2-10(8-12(13)22)16-15-17(19-14(23)9-27-16)21(20-18(15)24)11-4-6-26-7-5-11/h2-3,8,11,16,22H,4-7,9H2,1H3,(H,19,23)(H,20,24)/t16-/m0/s1. The van der Waals surface area contributed by atoms with E-state index < -0.39 is 0 Å². The Bertz CT molecular complexity index is 918. The third kappa shape index (κ3) is 3.45. The highest BCUT2D eigenvalue weighted by molar-refractivity contribution is 8.00. The Morgan fingerprint density at radius 3 is 2.74 bits per heavy atom. The van der Waals surface area contributed by atoms with Crippen molar-refractivity contribution in [3.05, 3.63) is 39.7 Å². The molecular weight excluding hydrogens is 386 g/mol. The molecular formula is C18H21N3O4S2. The molecule has 4 rings (SSSR count). The van der Waals surface area contributed by atoms with Crippen LogP contribution in [0.25, 0.3) is 0 Å². The van der Waals surface area contributed by atoms with E-state index in [2.05, 4.69) is 10.4 Å². The second-order valence-corrected chi connectivity index (χ2v) is 8.91. The maximum Gasteiger partial charge on any atom is 0.270 e. The minimum Gasteiger partial charge on any atom is -0.504 e. The predicted molar refractivity (Wildman–Crippen MR) is 108 cm³/mol. The largest absolute Gasteiger partial charge is 0.504 e. The van der Waals surface area contributed by atoms with Crippen LogP contribution in [0, 0.1) is 0 Å². The number of hydrogen-bond acceptors (Lipinski definition) is 6. The van der Waals surface area contributed by atoms with Crippen molar-refractivity contribution in [2.24, 2.45) is 0 Å². The first-order valence-corrected chi connectivity index (χ1v) is 11.0. The van der Waals surface area contributed by atoms with Gasteiger partial charge in [0.1, 0.15) is 5.82 Å². The van der Waals surface area contributed by atoms with Gasteiger partial charge in [-0.05, 0) is 42.0 Å². The Morgan fingerprint density at radius 2 is 2.04 bits per heavy atom. The van der Waals surface area contributed by atoms with E-state index in [0.717, 1.165) is 29.9 Å². The van der Waals surface area contributed by atoms with Crippen LogP contribution in [0.15, 0.2) is 23.0 Å². The van der Waals surface area contributed by atoms with Gasteiger partial charge < -0.3 is 15.2 Å². The fraction of sp³-hybridized carbons (Fsp3) is 0.444. The monoisotopic (exact) mass is 407 g/mol. The Morgan fingerprint density at radius 1 is 1.26 bits per heavy atom. The number of H-pyrrole nitrogens is 1. The third-order valence-corrected chi connectivity index (χ3v) is 7.24. The summed E-state index contributed by atoms with van der Waals surface area (Å²) in [7, 11) is 1.49. The van der Waals surface area contributed by atoms with Crippen LogP contribution in [-0.2, 0) is 4.79 Å². The Kier molecular flexibility index (Phi) is 5.14. The number of nitrogens with zero attached hydrogens (tertiary/aromatic N) is 1. The molecule has 144 valence electrons. The van der Waals surface area contributed by atoms with Gasteiger partial charge in [-0.3, -0.25) is 19.4 Å². The summed E-state index contributed by atoms with van der Waals surface area (Å²) in [6, 6.07) is 5.28. The molecule has 3 heterocycles. The van der Waals surface area contributed by atoms with E-state index in [1.54, 1.807) is 12.1 Å². The number of aromatic hydroxyl groups is 1. The molecule has 9 heteroatoms. The quantitative estimate of drug-likeness (QED) is 0.724. The number of anilines is 1. The average molecular weight is 408 g/mol. The van der Waals surface area contributed by atoms with Crippen LogP contribution in [0.3, 0.4) is 0 Å². The normalized spacial score (nSPS) is 20.6. The fourth-order valence-corrected chi connectivity index (χ4v) is 5.79. The summed E-state index contributed by atoms with van der Waals surface area (Å²) in [5.41, 5.74) is 1.10. The van der Waals surface area contributed by atoms with Gasteiger partial charge in [-0.1, -0.05) is 6.07 Å². The molecule has 1 saturated heterocycles. The molecule has 1 amide bonds. The summed E-state index contributed by atoms with van der Waals surface area (Å²) in [4.78, 5) is 25.1. The number of phenols is 1. The van der Waals surface area contributed by atoms with E-state index in [1.807, 2.05) is 22.5 Å². The average Bonchev–Trinajstić information content (AvgIpc) is 2.88. The first-order valence-electron chi connectivity index (χ1n) is 8.79. The molecule has 27 heavy (non-hydrogen) atoms. The van der Waals surface area contributed by atoms with Gasteiger partial charge in [0, 0.05) is 0 Å². The summed E-state index contributed by atoms with van der Waals surface area (Å²) in [5.74, 6) is 3.15. The topological polar surface area (TPSA) is 96.4 Å². The van der Waals surface area contributed by atoms with Crippen molar-refractivity contribution in [3.63, 3.8) is 0 Å². The first kappa shape index (κ1) is 18.4. The highest BCUT2D eigenvalue weighted by atomic mass is 32.2. The zero-order chi connectivity index (χ0) is 19.0. The summed E-state index contributed by atoms with van der Waals surface area (Å²) < 4.78 is 6.95. The lowest BCUT2D eigenvalue weighted by Gasteiger charge is -2.24. The zero-order valence-electron chi connectivity index (χ0n) is 14.9. The van der Waals surface area contributed by atoms with Gasteiger partial charge >= 0.3 is 0 Å². The van der Waals surface area contributed by atoms with E-state index in [1.165, 1.54) is 18.9 Å². The Balaban J connectivity index is 1.80. The lowest BCUT2D eigenvalue weighted by Crippen LogP contribution is -2.22. The Hall–Kier alpha value is -2.00. The molecule has 3 N–H and O–H groups in total. The maximum atomic E-state index is 12.8. The number of phenolic OH excluding ortho intramolecular Hbond substituents is 1. The molecule has 0 spiro atoms. The SMILES string of the molecule is COc1ccc([C@@H]2SCC(=O)Nc3c2c(=O)[nH]n3C2CCSCC2)cc1O. The molecule has 0 radical (unpaired) electrons. The lowest BCUT2D eigenvalue weighted by atomic mass is 10.1. The zero-order valence-corrected chi connectivity index (χ0v) is 16.5. The maximum absolute atomic E-state index is 12.8. The van der Waals surface area contributed by atoms with Crippen molar-refractivity contribution in [1.29, 1.82) is 0 Å². The number of carbonyl (C=O) groups is 1. The number of rotatable bonds is 3. The van der Waals surface area contributed by atoms with Crippen LogP contribution in [0.2, 0.25) is 0 Å². The number of aromatic amines is 1. The van der Waals surface area contributed by atoms with Crippen molar-refractivity contribution >= 4 is 35.2 Å². The van der Waals surface area contributed by atoms with Gasteiger partial charge in [-0.25, -0.2) is 0 Å². The van der Waals surface area contributed by atoms with Gasteiger partial charge in [0.05, 0.1) is 29.7 Å². The van der Waals surface area contributed by atoms with E-state index >= 15 is 0 Å². The second kappa shape index (κ2) is 7.55. The molecule has 2 aliphatic rings. The van der Waals surface area contributed by atoms with Crippen LogP contribution in [0.4, 0.5) is 5.82 Å². The smallest absolute Gasteiger partial charge is 0.270 e. The van der Waals surface area contributed by atoms with Crippen molar-refractivity contribution in [2.75, 3.05) is 29.7 Å². The molecule has 1 atom stereocenters. The minimum absolute atomic E-state index is 0.0147. The lowest BCUT2D eigenvalue weighted by molar-refractivity contribution is -0.113. The molecule has 1 aromatic heterocycles. The summed E-state index contributed by atoms with van der Waals surface area (Å²) >= 11 is 3.29. The molecule has 7 nitrogen and oxygen atoms in total. The van der Waals surface area contributed by atoms with Crippen LogP contribution in [0.1, 0.15) is 35.3 Å². The molecule has 1 fully saturated rings. The second-order valence-electron chi connectivity index (χ2n) is 6.59. The summed E-state index contributed by atoms with van der Waals surface area (Å²) in [6.45, 7) is 0. The van der Waals surface area contributed by atoms with Gasteiger partial charge in [0.2, 0.25) is 5.91 Å². The number of nitrogens with one attached hydrogen (secondary N) is 2. The number of ether oxygens (including phenoxy) is 1. The van der Waals surface area contributed by atoms with E-state index in [0.29, 0.717) is 17.1 Å². The predicted octanol–water partition coefficient (Wildman–Crippen LogP) is 2.73. The molecule has 2 aliphatic heterocycles. The number of hydrogen-bond donors (Lipinski definition) is 3. The fourth-order valence-electron chi connectivity index (χ4n) is 3.59. The molecule has 1 aromatic carbocycles. The molecule has 0 aliphatic carbocycles. The number of benzene rings is 1. The van der Waals surface area contributed by atoms with E-state index in [-0.39, 0.29) is 34.3 Å². The van der Waals surface area contributed by atoms with Crippen molar-refractivity contribution in [1.82, 2.24) is 9.78 Å².